The van der Waals surface area contributed by atoms with Gasteiger partial charge in [0, 0.05) is 32.2 Å². The molecule has 3 aromatic carbocycles. The van der Waals surface area contributed by atoms with Gasteiger partial charge in [-0.25, -0.2) is 0 Å². The van der Waals surface area contributed by atoms with Crippen LogP contribution in [0.1, 0.15) is 29.3 Å². The summed E-state index contributed by atoms with van der Waals surface area (Å²) in [5, 5.41) is 11.8. The minimum absolute atomic E-state index is 0.0506. The highest BCUT2D eigenvalue weighted by molar-refractivity contribution is 5.94. The molecule has 3 N–H and O–H groups in total. The van der Waals surface area contributed by atoms with Crippen LogP contribution in [0.4, 0.5) is 0 Å². The van der Waals surface area contributed by atoms with Gasteiger partial charge < -0.3 is 20.7 Å². The minimum Gasteiger partial charge on any atom is -0.494 e. The fourth-order valence-corrected chi connectivity index (χ4v) is 3.17. The molecular weight excluding hydrogens is 388 g/mol. The summed E-state index contributed by atoms with van der Waals surface area (Å²) in [7, 11) is 1.75. The monoisotopic (exact) mass is 418 g/mol. The van der Waals surface area contributed by atoms with E-state index >= 15 is 0 Å². The zero-order valence-corrected chi connectivity index (χ0v) is 18.2. The molecule has 0 aliphatic rings. The molecule has 0 bridgehead atoms. The van der Waals surface area contributed by atoms with Crippen LogP contribution in [0.15, 0.2) is 71.7 Å². The Hall–Kier alpha value is -3.54. The van der Waals surface area contributed by atoms with Gasteiger partial charge in [0.05, 0.1) is 6.61 Å². The lowest BCUT2D eigenvalue weighted by molar-refractivity contribution is 0.0956. The topological polar surface area (TPSA) is 74.8 Å². The molecule has 0 saturated heterocycles. The summed E-state index contributed by atoms with van der Waals surface area (Å²) in [6.07, 6.45) is 0.856. The Morgan fingerprint density at radius 3 is 2.45 bits per heavy atom. The lowest BCUT2D eigenvalue weighted by Crippen LogP contribution is -2.37. The fraction of sp³-hybridized carbons (Fsp3) is 0.280. The zero-order chi connectivity index (χ0) is 21.9. The van der Waals surface area contributed by atoms with E-state index in [1.165, 1.54) is 10.8 Å². The summed E-state index contributed by atoms with van der Waals surface area (Å²) in [4.78, 5) is 16.1. The van der Waals surface area contributed by atoms with Gasteiger partial charge in [0.25, 0.3) is 5.91 Å². The number of hydrogen-bond donors (Lipinski definition) is 3. The Labute approximate surface area is 183 Å². The highest BCUT2D eigenvalue weighted by Gasteiger charge is 2.04. The molecule has 0 aromatic heterocycles. The van der Waals surface area contributed by atoms with E-state index in [1.54, 1.807) is 7.05 Å². The summed E-state index contributed by atoms with van der Waals surface area (Å²) in [6.45, 7) is 4.54. The standard InChI is InChI=1S/C25H30N4O2/c1-3-27-24(30)21-11-9-19(10-12-21)18-29-25(26-2)28-15-6-16-31-23-14-13-20-7-4-5-8-22(20)17-23/h4-5,7-14,17H,3,6,15-16,18H2,1-2H3,(H,27,30)(H2,26,28,29). The number of guanidine groups is 1. The summed E-state index contributed by atoms with van der Waals surface area (Å²) < 4.78 is 5.87. The Kier molecular flexibility index (Phi) is 8.29. The number of carbonyl (C=O) groups excluding carboxylic acids is 1. The largest absolute Gasteiger partial charge is 0.494 e. The zero-order valence-electron chi connectivity index (χ0n) is 18.2. The predicted molar refractivity (Wildman–Crippen MR) is 127 cm³/mol. The van der Waals surface area contributed by atoms with Crippen molar-refractivity contribution in [3.05, 3.63) is 77.9 Å². The van der Waals surface area contributed by atoms with E-state index in [9.17, 15) is 4.79 Å². The van der Waals surface area contributed by atoms with E-state index in [0.29, 0.717) is 25.3 Å². The molecule has 0 heterocycles. The Morgan fingerprint density at radius 1 is 0.935 bits per heavy atom. The highest BCUT2D eigenvalue weighted by atomic mass is 16.5. The first-order chi connectivity index (χ1) is 15.2. The summed E-state index contributed by atoms with van der Waals surface area (Å²) in [5.74, 6) is 1.57. The molecule has 162 valence electrons. The number of rotatable bonds is 9. The third-order valence-corrected chi connectivity index (χ3v) is 4.84. The highest BCUT2D eigenvalue weighted by Crippen LogP contribution is 2.20. The maximum absolute atomic E-state index is 11.8. The van der Waals surface area contributed by atoms with E-state index in [2.05, 4.69) is 45.2 Å². The van der Waals surface area contributed by atoms with E-state index in [4.69, 9.17) is 4.74 Å². The molecule has 3 rings (SSSR count). The van der Waals surface area contributed by atoms with Crippen LogP contribution < -0.4 is 20.7 Å². The first kappa shape index (κ1) is 22.2. The van der Waals surface area contributed by atoms with Crippen molar-refractivity contribution in [1.29, 1.82) is 0 Å². The van der Waals surface area contributed by atoms with Gasteiger partial charge in [-0.1, -0.05) is 42.5 Å². The number of benzene rings is 3. The number of nitrogens with one attached hydrogen (secondary N) is 3. The third kappa shape index (κ3) is 6.74. The second kappa shape index (κ2) is 11.6. The first-order valence-electron chi connectivity index (χ1n) is 10.6. The molecule has 0 fully saturated rings. The number of fused-ring (bicyclic) bond motifs is 1. The van der Waals surface area contributed by atoms with Crippen molar-refractivity contribution in [2.75, 3.05) is 26.7 Å². The summed E-state index contributed by atoms with van der Waals surface area (Å²) >= 11 is 0. The van der Waals surface area contributed by atoms with Crippen molar-refractivity contribution in [3.8, 4) is 5.75 Å². The van der Waals surface area contributed by atoms with Gasteiger partial charge in [-0.2, -0.15) is 0 Å². The molecule has 6 nitrogen and oxygen atoms in total. The molecule has 0 saturated carbocycles. The molecule has 0 aliphatic carbocycles. The van der Waals surface area contributed by atoms with Crippen molar-refractivity contribution in [2.45, 2.75) is 19.9 Å². The number of ether oxygens (including phenoxy) is 1. The summed E-state index contributed by atoms with van der Waals surface area (Å²) in [6, 6.07) is 22.0. The molecule has 0 aliphatic heterocycles. The van der Waals surface area contributed by atoms with E-state index in [-0.39, 0.29) is 5.91 Å². The van der Waals surface area contributed by atoms with Crippen LogP contribution in [-0.2, 0) is 6.54 Å². The number of hydrogen-bond acceptors (Lipinski definition) is 3. The average Bonchev–Trinajstić information content (AvgIpc) is 2.81. The normalized spacial score (nSPS) is 11.2. The van der Waals surface area contributed by atoms with Gasteiger partial charge >= 0.3 is 0 Å². The Bertz CT molecular complexity index is 1020. The van der Waals surface area contributed by atoms with Crippen molar-refractivity contribution in [3.63, 3.8) is 0 Å². The van der Waals surface area contributed by atoms with E-state index in [1.807, 2.05) is 49.4 Å². The molecule has 6 heteroatoms. The number of nitrogens with zero attached hydrogens (tertiary/aromatic N) is 1. The molecular formula is C25H30N4O2. The lowest BCUT2D eigenvalue weighted by Gasteiger charge is -2.13. The maximum atomic E-state index is 11.8. The summed E-state index contributed by atoms with van der Waals surface area (Å²) in [5.41, 5.74) is 1.75. The molecule has 31 heavy (non-hydrogen) atoms. The van der Waals surface area contributed by atoms with Gasteiger partial charge in [-0.15, -0.1) is 0 Å². The van der Waals surface area contributed by atoms with E-state index in [0.717, 1.165) is 30.2 Å². The van der Waals surface area contributed by atoms with Crippen LogP contribution >= 0.6 is 0 Å². The van der Waals surface area contributed by atoms with E-state index < -0.39 is 0 Å². The quantitative estimate of drug-likeness (QED) is 0.281. The van der Waals surface area contributed by atoms with Crippen molar-refractivity contribution in [2.24, 2.45) is 4.99 Å². The van der Waals surface area contributed by atoms with Crippen LogP contribution in [0, 0.1) is 0 Å². The Morgan fingerprint density at radius 2 is 1.71 bits per heavy atom. The number of aliphatic imine (C=N–C) groups is 1. The number of amides is 1. The smallest absolute Gasteiger partial charge is 0.251 e. The number of carbonyl (C=O) groups is 1. The second-order valence-electron chi connectivity index (χ2n) is 7.12. The third-order valence-electron chi connectivity index (χ3n) is 4.84. The van der Waals surface area contributed by atoms with Gasteiger partial charge in [0.2, 0.25) is 0 Å². The second-order valence-corrected chi connectivity index (χ2v) is 7.12. The SMILES string of the molecule is CCNC(=O)c1ccc(CNC(=NC)NCCCOc2ccc3ccccc3c2)cc1. The van der Waals surface area contributed by atoms with Crippen molar-refractivity contribution < 1.29 is 9.53 Å². The molecule has 1 amide bonds. The van der Waals surface area contributed by atoms with Gasteiger partial charge in [0.1, 0.15) is 5.75 Å². The molecule has 0 unspecified atom stereocenters. The fourth-order valence-electron chi connectivity index (χ4n) is 3.17. The molecule has 0 radical (unpaired) electrons. The van der Waals surface area contributed by atoms with Crippen molar-refractivity contribution >= 4 is 22.6 Å². The van der Waals surface area contributed by atoms with Gasteiger partial charge in [-0.3, -0.25) is 9.79 Å². The van der Waals surface area contributed by atoms with Crippen LogP contribution in [-0.4, -0.2) is 38.6 Å². The lowest BCUT2D eigenvalue weighted by atomic mass is 10.1. The Balaban J connectivity index is 1.37. The van der Waals surface area contributed by atoms with Crippen LogP contribution in [0.5, 0.6) is 5.75 Å². The maximum Gasteiger partial charge on any atom is 0.251 e. The van der Waals surface area contributed by atoms with Crippen LogP contribution in [0.25, 0.3) is 10.8 Å². The van der Waals surface area contributed by atoms with Gasteiger partial charge in [-0.05, 0) is 53.9 Å². The molecule has 0 spiro atoms. The average molecular weight is 419 g/mol. The molecule has 0 atom stereocenters. The minimum atomic E-state index is -0.0506. The van der Waals surface area contributed by atoms with Crippen molar-refractivity contribution in [1.82, 2.24) is 16.0 Å². The van der Waals surface area contributed by atoms with Crippen LogP contribution in [0.3, 0.4) is 0 Å². The molecule has 3 aromatic rings. The first-order valence-corrected chi connectivity index (χ1v) is 10.6. The predicted octanol–water partition coefficient (Wildman–Crippen LogP) is 3.72. The van der Waals surface area contributed by atoms with Gasteiger partial charge in [0.15, 0.2) is 5.96 Å². The van der Waals surface area contributed by atoms with Crippen LogP contribution in [0.2, 0.25) is 0 Å².